The number of nitrogens with zero attached hydrogens (tertiary/aromatic N) is 1. The first-order valence-electron chi connectivity index (χ1n) is 14.9. The predicted molar refractivity (Wildman–Crippen MR) is 168 cm³/mol. The van der Waals surface area contributed by atoms with Crippen molar-refractivity contribution in [2.45, 2.75) is 30.8 Å². The zero-order valence-electron chi connectivity index (χ0n) is 24.5. The largest absolute Gasteiger partial charge is 0.497 e. The van der Waals surface area contributed by atoms with E-state index in [4.69, 9.17) is 9.47 Å². The maximum Gasteiger partial charge on any atom is 0.238 e. The summed E-state index contributed by atoms with van der Waals surface area (Å²) in [6.07, 6.45) is 4.69. The Kier molecular flexibility index (Phi) is 6.81. The number of amides is 1. The number of rotatable bonds is 8. The fourth-order valence-electron chi connectivity index (χ4n) is 7.23. The molecule has 0 radical (unpaired) electrons. The maximum absolute atomic E-state index is 15.0. The molecule has 1 N–H and O–H groups in total. The molecule has 0 aromatic heterocycles. The maximum atomic E-state index is 15.0. The normalized spacial score (nSPS) is 22.6. The SMILES string of the molecule is CCCOc1ccc(C(=O)[C@@H]2[C@H](C(=O)c3cccc(OC)c3)N3C=Cc4ccccc4[C@H]3[C@@]23C(=O)Nc2ccccc23)cc1. The van der Waals surface area contributed by atoms with Crippen LogP contribution in [0.25, 0.3) is 6.08 Å². The number of ether oxygens (including phenoxy) is 2. The molecule has 1 fully saturated rings. The van der Waals surface area contributed by atoms with E-state index in [9.17, 15) is 14.4 Å². The number of para-hydroxylation sites is 1. The highest BCUT2D eigenvalue weighted by Gasteiger charge is 2.70. The predicted octanol–water partition coefficient (Wildman–Crippen LogP) is 6.47. The second-order valence-electron chi connectivity index (χ2n) is 11.4. The van der Waals surface area contributed by atoms with Crippen molar-refractivity contribution in [3.8, 4) is 11.5 Å². The van der Waals surface area contributed by atoms with Crippen molar-refractivity contribution in [3.63, 3.8) is 0 Å². The Morgan fingerprint density at radius 1 is 0.864 bits per heavy atom. The summed E-state index contributed by atoms with van der Waals surface area (Å²) in [5.41, 5.74) is 2.64. The van der Waals surface area contributed by atoms with Crippen molar-refractivity contribution in [1.82, 2.24) is 4.90 Å². The number of carbonyl (C=O) groups excluding carboxylic acids is 3. The highest BCUT2D eigenvalue weighted by molar-refractivity contribution is 6.16. The van der Waals surface area contributed by atoms with Gasteiger partial charge in [-0.25, -0.2) is 0 Å². The summed E-state index contributed by atoms with van der Waals surface area (Å²) in [4.78, 5) is 46.2. The van der Waals surface area contributed by atoms with Gasteiger partial charge < -0.3 is 19.7 Å². The standard InChI is InChI=1S/C37H32N2O5/c1-3-21-44-26-17-15-24(16-18-26)33(40)31-32(34(41)25-10-8-11-27(22-25)43-2)39-20-19-23-9-4-5-12-28(23)35(39)37(31)29-13-6-7-14-30(29)38-36(37)42/h4-20,22,31-32,35H,3,21H2,1-2H3,(H,38,42)/t31-,32+,35-,37-/m0/s1. The van der Waals surface area contributed by atoms with Crippen LogP contribution in [0.15, 0.2) is 103 Å². The van der Waals surface area contributed by atoms with Crippen LogP contribution in [0.2, 0.25) is 0 Å². The molecule has 4 aromatic rings. The third kappa shape index (κ3) is 4.07. The van der Waals surface area contributed by atoms with Crippen molar-refractivity contribution in [2.24, 2.45) is 5.92 Å². The first kappa shape index (κ1) is 27.7. The van der Waals surface area contributed by atoms with Gasteiger partial charge in [-0.2, -0.15) is 0 Å². The molecule has 3 aliphatic rings. The number of benzene rings is 4. The zero-order valence-corrected chi connectivity index (χ0v) is 24.5. The molecule has 3 aliphatic heterocycles. The lowest BCUT2D eigenvalue weighted by atomic mass is 9.62. The number of Topliss-reactive ketones (excluding diaryl/α,β-unsaturated/α-hetero) is 2. The molecule has 44 heavy (non-hydrogen) atoms. The molecular weight excluding hydrogens is 552 g/mol. The van der Waals surface area contributed by atoms with E-state index < -0.39 is 23.4 Å². The van der Waals surface area contributed by atoms with E-state index in [2.05, 4.69) is 5.32 Å². The lowest BCUT2D eigenvalue weighted by Crippen LogP contribution is -2.49. The van der Waals surface area contributed by atoms with Gasteiger partial charge in [0.2, 0.25) is 5.91 Å². The molecule has 1 saturated heterocycles. The number of ketones is 2. The van der Waals surface area contributed by atoms with Crippen molar-refractivity contribution >= 4 is 29.2 Å². The number of hydrogen-bond donors (Lipinski definition) is 1. The number of hydrogen-bond acceptors (Lipinski definition) is 6. The molecule has 0 aliphatic carbocycles. The number of carbonyl (C=O) groups is 3. The number of fused-ring (bicyclic) bond motifs is 6. The van der Waals surface area contributed by atoms with Crippen molar-refractivity contribution < 1.29 is 23.9 Å². The van der Waals surface area contributed by atoms with E-state index in [1.54, 1.807) is 55.6 Å². The highest BCUT2D eigenvalue weighted by Crippen LogP contribution is 2.62. The summed E-state index contributed by atoms with van der Waals surface area (Å²) in [6.45, 7) is 2.60. The van der Waals surface area contributed by atoms with Gasteiger partial charge in [0.25, 0.3) is 0 Å². The van der Waals surface area contributed by atoms with Crippen LogP contribution < -0.4 is 14.8 Å². The number of anilines is 1. The fraction of sp³-hybridized carbons (Fsp3) is 0.216. The van der Waals surface area contributed by atoms with Crippen LogP contribution in [0.4, 0.5) is 5.69 Å². The van der Waals surface area contributed by atoms with Crippen LogP contribution >= 0.6 is 0 Å². The third-order valence-corrected chi connectivity index (χ3v) is 9.09. The smallest absolute Gasteiger partial charge is 0.238 e. The molecule has 0 saturated carbocycles. The van der Waals surface area contributed by atoms with Crippen LogP contribution in [0.3, 0.4) is 0 Å². The van der Waals surface area contributed by atoms with Gasteiger partial charge >= 0.3 is 0 Å². The summed E-state index contributed by atoms with van der Waals surface area (Å²) in [5, 5.41) is 3.09. The van der Waals surface area contributed by atoms with Crippen LogP contribution in [-0.4, -0.2) is 42.1 Å². The highest BCUT2D eigenvalue weighted by atomic mass is 16.5. The Balaban J connectivity index is 1.47. The Morgan fingerprint density at radius 2 is 1.64 bits per heavy atom. The van der Waals surface area contributed by atoms with Gasteiger partial charge in [0.1, 0.15) is 23.0 Å². The Morgan fingerprint density at radius 3 is 2.43 bits per heavy atom. The minimum atomic E-state index is -1.38. The Hall–Kier alpha value is -5.17. The van der Waals surface area contributed by atoms with E-state index in [-0.39, 0.29) is 17.5 Å². The molecule has 3 heterocycles. The molecule has 1 amide bonds. The van der Waals surface area contributed by atoms with E-state index >= 15 is 0 Å². The second-order valence-corrected chi connectivity index (χ2v) is 11.4. The first-order chi connectivity index (χ1) is 21.5. The second kappa shape index (κ2) is 10.8. The van der Waals surface area contributed by atoms with Gasteiger partial charge in [0.15, 0.2) is 11.6 Å². The van der Waals surface area contributed by atoms with Gasteiger partial charge in [0.05, 0.1) is 25.7 Å². The molecule has 7 rings (SSSR count). The average Bonchev–Trinajstić information content (AvgIpc) is 3.55. The summed E-state index contributed by atoms with van der Waals surface area (Å²) in [7, 11) is 1.55. The summed E-state index contributed by atoms with van der Waals surface area (Å²) in [6, 6.07) is 27.8. The van der Waals surface area contributed by atoms with Crippen LogP contribution in [0.5, 0.6) is 11.5 Å². The Bertz CT molecular complexity index is 1810. The first-order valence-corrected chi connectivity index (χ1v) is 14.9. The monoisotopic (exact) mass is 584 g/mol. The average molecular weight is 585 g/mol. The van der Waals surface area contributed by atoms with Gasteiger partial charge in [0, 0.05) is 23.0 Å². The van der Waals surface area contributed by atoms with Crippen LogP contribution in [-0.2, 0) is 10.2 Å². The number of methoxy groups -OCH3 is 1. The molecular formula is C37H32N2O5. The van der Waals surface area contributed by atoms with Gasteiger partial charge in [-0.05, 0) is 71.7 Å². The minimum Gasteiger partial charge on any atom is -0.497 e. The van der Waals surface area contributed by atoms with Crippen molar-refractivity contribution in [3.05, 3.63) is 131 Å². The molecule has 7 nitrogen and oxygen atoms in total. The zero-order chi connectivity index (χ0) is 30.4. The summed E-state index contributed by atoms with van der Waals surface area (Å²) >= 11 is 0. The molecule has 0 bridgehead atoms. The molecule has 4 aromatic carbocycles. The third-order valence-electron chi connectivity index (χ3n) is 9.09. The van der Waals surface area contributed by atoms with Crippen molar-refractivity contribution in [1.29, 1.82) is 0 Å². The lowest BCUT2D eigenvalue weighted by Gasteiger charge is -2.38. The molecule has 0 unspecified atom stereocenters. The minimum absolute atomic E-state index is 0.256. The van der Waals surface area contributed by atoms with Gasteiger partial charge in [-0.15, -0.1) is 0 Å². The summed E-state index contributed by atoms with van der Waals surface area (Å²) < 4.78 is 11.2. The molecule has 1 spiro atoms. The Labute approximate surface area is 256 Å². The molecule has 4 atom stereocenters. The van der Waals surface area contributed by atoms with E-state index in [0.717, 1.165) is 17.5 Å². The van der Waals surface area contributed by atoms with E-state index in [1.165, 1.54) is 0 Å². The topological polar surface area (TPSA) is 84.9 Å². The van der Waals surface area contributed by atoms with Crippen molar-refractivity contribution in [2.75, 3.05) is 19.0 Å². The lowest BCUT2D eigenvalue weighted by molar-refractivity contribution is -0.122. The fourth-order valence-corrected chi connectivity index (χ4v) is 7.23. The van der Waals surface area contributed by atoms with Gasteiger partial charge in [-0.1, -0.05) is 61.5 Å². The summed E-state index contributed by atoms with van der Waals surface area (Å²) in [5.74, 6) is -0.677. The van der Waals surface area contributed by atoms with Gasteiger partial charge in [-0.3, -0.25) is 14.4 Å². The number of nitrogens with one attached hydrogen (secondary N) is 1. The van der Waals surface area contributed by atoms with E-state index in [1.807, 2.05) is 72.6 Å². The molecule has 220 valence electrons. The molecule has 7 heteroatoms. The van der Waals surface area contributed by atoms with Crippen LogP contribution in [0.1, 0.15) is 56.8 Å². The van der Waals surface area contributed by atoms with Crippen LogP contribution in [0, 0.1) is 5.92 Å². The quantitative estimate of drug-likeness (QED) is 0.239. The van der Waals surface area contributed by atoms with E-state index in [0.29, 0.717) is 40.5 Å².